The molecule has 1 aromatic carbocycles. The Labute approximate surface area is 241 Å². The molecule has 224 valence electrons. The number of ether oxygens (including phenoxy) is 3. The number of benzene rings is 1. The van der Waals surface area contributed by atoms with E-state index < -0.39 is 30.0 Å². The van der Waals surface area contributed by atoms with Crippen LogP contribution in [0.15, 0.2) is 24.3 Å². The van der Waals surface area contributed by atoms with E-state index in [-0.39, 0.29) is 81.0 Å². The third-order valence-corrected chi connectivity index (χ3v) is 6.83. The molecular weight excluding hydrogens is 548 g/mol. The molecule has 1 fully saturated rings. The van der Waals surface area contributed by atoms with Gasteiger partial charge in [0.1, 0.15) is 11.3 Å². The van der Waals surface area contributed by atoms with Gasteiger partial charge >= 0.3 is 12.1 Å². The van der Waals surface area contributed by atoms with Gasteiger partial charge in [-0.15, -0.1) is 10.2 Å². The van der Waals surface area contributed by atoms with Crippen molar-refractivity contribution in [2.24, 2.45) is 5.73 Å². The topological polar surface area (TPSA) is 196 Å². The highest BCUT2D eigenvalue weighted by Gasteiger charge is 2.36. The molecule has 42 heavy (non-hydrogen) atoms. The van der Waals surface area contributed by atoms with Crippen LogP contribution >= 0.6 is 0 Å². The van der Waals surface area contributed by atoms with Gasteiger partial charge in [-0.3, -0.25) is 19.4 Å². The van der Waals surface area contributed by atoms with Gasteiger partial charge in [-0.1, -0.05) is 17.3 Å². The Hall–Kier alpha value is -4.82. The molecule has 0 bridgehead atoms. The van der Waals surface area contributed by atoms with Crippen LogP contribution in [-0.2, 0) is 19.1 Å². The fraction of sp³-hybridized carbons (Fsp3) is 0.481. The van der Waals surface area contributed by atoms with Crippen molar-refractivity contribution in [3.8, 4) is 5.75 Å². The normalized spacial score (nSPS) is 14.7. The smallest absolute Gasteiger partial charge is 0.409 e. The third-order valence-electron chi connectivity index (χ3n) is 6.83. The monoisotopic (exact) mass is 582 g/mol. The Morgan fingerprint density at radius 1 is 1.02 bits per heavy atom. The second kappa shape index (κ2) is 13.7. The van der Waals surface area contributed by atoms with Crippen molar-refractivity contribution in [3.63, 3.8) is 0 Å². The number of rotatable bonds is 11. The summed E-state index contributed by atoms with van der Waals surface area (Å²) in [5.41, 5.74) is 6.37. The number of pyridine rings is 1. The number of carbonyl (C=O) groups is 4. The molecule has 0 radical (unpaired) electrons. The Morgan fingerprint density at radius 2 is 1.71 bits per heavy atom. The number of nitrogens with two attached hydrogens (primary N) is 1. The molecule has 2 atom stereocenters. The maximum Gasteiger partial charge on any atom is 0.409 e. The van der Waals surface area contributed by atoms with E-state index >= 15 is 0 Å². The summed E-state index contributed by atoms with van der Waals surface area (Å²) >= 11 is 0. The molecule has 3 N–H and O–H groups in total. The molecule has 4 rings (SSSR count). The van der Waals surface area contributed by atoms with Gasteiger partial charge in [-0.25, -0.2) is 4.79 Å². The number of para-hydroxylation sites is 1. The first-order valence-corrected chi connectivity index (χ1v) is 13.7. The van der Waals surface area contributed by atoms with E-state index in [1.807, 2.05) is 0 Å². The number of nitrogens with zero attached hydrogens (tertiary/aromatic N) is 6. The van der Waals surface area contributed by atoms with E-state index in [0.29, 0.717) is 10.9 Å². The van der Waals surface area contributed by atoms with Crippen molar-refractivity contribution in [2.45, 2.75) is 45.6 Å². The lowest BCUT2D eigenvalue weighted by molar-refractivity contribution is -0.143. The Balaban J connectivity index is 1.76. The number of hydrogen-bond donors (Lipinski definition) is 2. The lowest BCUT2D eigenvalue weighted by atomic mass is 9.91. The maximum absolute atomic E-state index is 14.1. The van der Waals surface area contributed by atoms with Gasteiger partial charge in [0.15, 0.2) is 6.10 Å². The van der Waals surface area contributed by atoms with Crippen LogP contribution in [0.3, 0.4) is 0 Å². The van der Waals surface area contributed by atoms with Gasteiger partial charge < -0.3 is 29.7 Å². The summed E-state index contributed by atoms with van der Waals surface area (Å²) in [5.74, 6) is -2.42. The third kappa shape index (κ3) is 6.72. The summed E-state index contributed by atoms with van der Waals surface area (Å²) in [6.07, 6.45) is -1.30. The molecule has 2 aromatic heterocycles. The average molecular weight is 583 g/mol. The maximum atomic E-state index is 14.1. The molecule has 1 saturated heterocycles. The molecule has 0 saturated carbocycles. The molecule has 1 aliphatic rings. The summed E-state index contributed by atoms with van der Waals surface area (Å²) in [5, 5.41) is 14.3. The summed E-state index contributed by atoms with van der Waals surface area (Å²) in [6, 6.07) is 6.97. The molecule has 3 aromatic rings. The summed E-state index contributed by atoms with van der Waals surface area (Å²) in [7, 11) is 0. The SMILES string of the molecule is CCOC(=O)CCC(C(=O)N1CCN(C(=O)OCC)CC1)c1nc2ccccc2c(OC(C)c2nn[nH]n2)c1C(N)=O. The first-order chi connectivity index (χ1) is 20.2. The molecular formula is C27H34N8O7. The van der Waals surface area contributed by atoms with Crippen molar-refractivity contribution in [3.05, 3.63) is 41.3 Å². The van der Waals surface area contributed by atoms with E-state index in [1.165, 1.54) is 4.90 Å². The highest BCUT2D eigenvalue weighted by molar-refractivity contribution is 6.04. The number of piperazine rings is 1. The minimum atomic E-state index is -1.04. The number of aromatic nitrogens is 5. The number of H-pyrrole nitrogens is 1. The lowest BCUT2D eigenvalue weighted by Gasteiger charge is -2.36. The largest absolute Gasteiger partial charge is 0.481 e. The predicted molar refractivity (Wildman–Crippen MR) is 147 cm³/mol. The quantitative estimate of drug-likeness (QED) is 0.312. The van der Waals surface area contributed by atoms with Crippen LogP contribution in [0.4, 0.5) is 4.79 Å². The summed E-state index contributed by atoms with van der Waals surface area (Å²) in [6.45, 7) is 6.49. The summed E-state index contributed by atoms with van der Waals surface area (Å²) in [4.78, 5) is 59.5. The van der Waals surface area contributed by atoms with E-state index in [9.17, 15) is 19.2 Å². The zero-order chi connectivity index (χ0) is 30.2. The standard InChI is InChI=1S/C27H34N8O7/c1-4-40-20(36)11-10-18(26(38)34-12-14-35(15-13-34)27(39)41-5-2)22-21(24(28)37)23(17-8-6-7-9-19(17)29-22)42-16(3)25-30-32-33-31-25/h6-9,16,18H,4-5,10-15H2,1-3H3,(H2,28,37)(H,30,31,32,33). The van der Waals surface area contributed by atoms with E-state index in [2.05, 4.69) is 20.6 Å². The molecule has 3 amide bonds. The minimum Gasteiger partial charge on any atom is -0.481 e. The molecule has 15 nitrogen and oxygen atoms in total. The molecule has 0 spiro atoms. The van der Waals surface area contributed by atoms with Crippen molar-refractivity contribution < 1.29 is 33.4 Å². The first-order valence-electron chi connectivity index (χ1n) is 13.7. The van der Waals surface area contributed by atoms with Gasteiger partial charge in [-0.05, 0) is 39.3 Å². The fourth-order valence-electron chi connectivity index (χ4n) is 4.80. The zero-order valence-corrected chi connectivity index (χ0v) is 23.7. The number of hydrogen-bond acceptors (Lipinski definition) is 11. The lowest BCUT2D eigenvalue weighted by Crippen LogP contribution is -2.52. The Kier molecular flexibility index (Phi) is 9.83. The van der Waals surface area contributed by atoms with Crippen LogP contribution in [0, 0.1) is 0 Å². The molecule has 15 heteroatoms. The van der Waals surface area contributed by atoms with Crippen molar-refractivity contribution in [1.82, 2.24) is 35.4 Å². The van der Waals surface area contributed by atoms with Crippen LogP contribution < -0.4 is 10.5 Å². The van der Waals surface area contributed by atoms with Gasteiger partial charge in [0.25, 0.3) is 5.91 Å². The van der Waals surface area contributed by atoms with Crippen LogP contribution in [0.2, 0.25) is 0 Å². The van der Waals surface area contributed by atoms with E-state index in [0.717, 1.165) is 0 Å². The van der Waals surface area contributed by atoms with Gasteiger partial charge in [0.2, 0.25) is 11.7 Å². The number of tetrazole rings is 1. The van der Waals surface area contributed by atoms with Gasteiger partial charge in [-0.2, -0.15) is 5.21 Å². The second-order valence-electron chi connectivity index (χ2n) is 9.52. The number of primary amides is 1. The molecule has 0 aliphatic carbocycles. The Morgan fingerprint density at radius 3 is 2.36 bits per heavy atom. The first kappa shape index (κ1) is 30.1. The summed E-state index contributed by atoms with van der Waals surface area (Å²) < 4.78 is 16.4. The average Bonchev–Trinajstić information content (AvgIpc) is 3.53. The number of nitrogens with one attached hydrogen (secondary N) is 1. The molecule has 2 unspecified atom stereocenters. The second-order valence-corrected chi connectivity index (χ2v) is 9.52. The predicted octanol–water partition coefficient (Wildman–Crippen LogP) is 1.71. The molecule has 1 aliphatic heterocycles. The highest BCUT2D eigenvalue weighted by atomic mass is 16.6. The highest BCUT2D eigenvalue weighted by Crippen LogP contribution is 2.38. The Bertz CT molecular complexity index is 1420. The van der Waals surface area contributed by atoms with Crippen molar-refractivity contribution >= 4 is 34.8 Å². The minimum absolute atomic E-state index is 0.00120. The number of aromatic amines is 1. The van der Waals surface area contributed by atoms with Gasteiger partial charge in [0.05, 0.1) is 30.3 Å². The fourth-order valence-corrected chi connectivity index (χ4v) is 4.80. The van der Waals surface area contributed by atoms with E-state index in [4.69, 9.17) is 24.9 Å². The van der Waals surface area contributed by atoms with Crippen molar-refractivity contribution in [1.29, 1.82) is 0 Å². The zero-order valence-electron chi connectivity index (χ0n) is 23.7. The van der Waals surface area contributed by atoms with Crippen LogP contribution in [-0.4, -0.2) is 98.7 Å². The molecule has 3 heterocycles. The van der Waals surface area contributed by atoms with Crippen LogP contribution in [0.1, 0.15) is 67.5 Å². The van der Waals surface area contributed by atoms with Crippen molar-refractivity contribution in [2.75, 3.05) is 39.4 Å². The van der Waals surface area contributed by atoms with Crippen LogP contribution in [0.25, 0.3) is 10.9 Å². The van der Waals surface area contributed by atoms with E-state index in [1.54, 1.807) is 49.9 Å². The van der Waals surface area contributed by atoms with Crippen LogP contribution in [0.5, 0.6) is 5.75 Å². The number of carbonyl (C=O) groups excluding carboxylic acids is 4. The number of esters is 1. The number of amides is 3. The van der Waals surface area contributed by atoms with Gasteiger partial charge in [0, 0.05) is 38.0 Å². The number of fused-ring (bicyclic) bond motifs is 1.